The highest BCUT2D eigenvalue weighted by atomic mass is 35.5. The minimum absolute atomic E-state index is 0.0537. The van der Waals surface area contributed by atoms with E-state index in [-0.39, 0.29) is 6.04 Å². The number of rotatable bonds is 2. The lowest BCUT2D eigenvalue weighted by Crippen LogP contribution is -2.07. The molecule has 1 heterocycles. The van der Waals surface area contributed by atoms with E-state index in [9.17, 15) is 0 Å². The van der Waals surface area contributed by atoms with E-state index in [2.05, 4.69) is 11.9 Å². The minimum Gasteiger partial charge on any atom is -0.361 e. The van der Waals surface area contributed by atoms with E-state index in [1.807, 2.05) is 25.3 Å². The number of aromatic amines is 1. The van der Waals surface area contributed by atoms with Gasteiger partial charge in [0.15, 0.2) is 0 Å². The molecule has 0 aliphatic rings. The third-order valence-corrected chi connectivity index (χ3v) is 3.33. The molecule has 1 aromatic carbocycles. The lowest BCUT2D eigenvalue weighted by atomic mass is 10.0. The van der Waals surface area contributed by atoms with E-state index in [0.29, 0.717) is 0 Å². The van der Waals surface area contributed by atoms with Crippen molar-refractivity contribution in [2.75, 3.05) is 0 Å². The number of hydrogen-bond donors (Lipinski definition) is 2. The number of aromatic nitrogens is 1. The Bertz CT molecular complexity index is 488. The van der Waals surface area contributed by atoms with E-state index in [4.69, 9.17) is 17.3 Å². The van der Waals surface area contributed by atoms with E-state index >= 15 is 0 Å². The van der Waals surface area contributed by atoms with Crippen molar-refractivity contribution in [3.8, 4) is 0 Å². The molecule has 15 heavy (non-hydrogen) atoms. The highest BCUT2D eigenvalue weighted by molar-refractivity contribution is 6.36. The molecule has 3 N–H and O–H groups in total. The highest BCUT2D eigenvalue weighted by Gasteiger charge is 2.13. The van der Waals surface area contributed by atoms with Crippen LogP contribution in [0.15, 0.2) is 18.3 Å². The Balaban J connectivity index is 2.72. The third kappa shape index (κ3) is 1.64. The molecule has 0 radical (unpaired) electrons. The highest BCUT2D eigenvalue weighted by Crippen LogP contribution is 2.32. The van der Waals surface area contributed by atoms with Crippen LogP contribution in [0.4, 0.5) is 0 Å². The molecule has 2 rings (SSSR count). The van der Waals surface area contributed by atoms with Crippen LogP contribution in [0, 0.1) is 6.92 Å². The van der Waals surface area contributed by atoms with E-state index < -0.39 is 0 Å². The number of hydrogen-bond acceptors (Lipinski definition) is 1. The van der Waals surface area contributed by atoms with Crippen LogP contribution in [-0.4, -0.2) is 4.98 Å². The SMILES string of the molecule is CCC(N)c1c[nH]c2ccc(C)c(Cl)c12. The molecule has 0 aliphatic carbocycles. The molecule has 0 saturated carbocycles. The zero-order valence-corrected chi connectivity index (χ0v) is 9.73. The predicted octanol–water partition coefficient (Wildman–Crippen LogP) is 3.54. The quantitative estimate of drug-likeness (QED) is 0.802. The van der Waals surface area contributed by atoms with Crippen LogP contribution in [0.25, 0.3) is 10.9 Å². The zero-order chi connectivity index (χ0) is 11.0. The molecule has 1 unspecified atom stereocenters. The summed E-state index contributed by atoms with van der Waals surface area (Å²) < 4.78 is 0. The van der Waals surface area contributed by atoms with Crippen molar-refractivity contribution < 1.29 is 0 Å². The van der Waals surface area contributed by atoms with Crippen LogP contribution in [0.2, 0.25) is 5.02 Å². The molecule has 0 aliphatic heterocycles. The van der Waals surface area contributed by atoms with Crippen molar-refractivity contribution >= 4 is 22.5 Å². The standard InChI is InChI=1S/C12H15ClN2/c1-3-9(14)8-6-15-10-5-4-7(2)12(13)11(8)10/h4-6,9,15H,3,14H2,1-2H3. The summed E-state index contributed by atoms with van der Waals surface area (Å²) in [6, 6.07) is 4.11. The largest absolute Gasteiger partial charge is 0.361 e. The Labute approximate surface area is 94.4 Å². The zero-order valence-electron chi connectivity index (χ0n) is 8.97. The molecule has 1 atom stereocenters. The maximum Gasteiger partial charge on any atom is 0.0532 e. The van der Waals surface area contributed by atoms with Crippen LogP contribution >= 0.6 is 11.6 Å². The summed E-state index contributed by atoms with van der Waals surface area (Å²) in [6.45, 7) is 4.09. The molecule has 2 nitrogen and oxygen atoms in total. The van der Waals surface area contributed by atoms with Crippen LogP contribution < -0.4 is 5.73 Å². The number of benzene rings is 1. The molecule has 2 aromatic rings. The lowest BCUT2D eigenvalue weighted by molar-refractivity contribution is 0.704. The van der Waals surface area contributed by atoms with Crippen molar-refractivity contribution in [3.05, 3.63) is 34.5 Å². The van der Waals surface area contributed by atoms with Gasteiger partial charge in [0, 0.05) is 23.1 Å². The topological polar surface area (TPSA) is 41.8 Å². The first-order valence-corrected chi connectivity index (χ1v) is 5.54. The summed E-state index contributed by atoms with van der Waals surface area (Å²) >= 11 is 6.30. The first-order valence-electron chi connectivity index (χ1n) is 5.16. The Morgan fingerprint density at radius 1 is 1.47 bits per heavy atom. The monoisotopic (exact) mass is 222 g/mol. The van der Waals surface area contributed by atoms with Crippen molar-refractivity contribution in [1.29, 1.82) is 0 Å². The Hall–Kier alpha value is -0.990. The predicted molar refractivity (Wildman–Crippen MR) is 65.3 cm³/mol. The summed E-state index contributed by atoms with van der Waals surface area (Å²) in [7, 11) is 0. The number of aryl methyl sites for hydroxylation is 1. The maximum atomic E-state index is 6.30. The molecular formula is C12H15ClN2. The molecule has 80 valence electrons. The summed E-state index contributed by atoms with van der Waals surface area (Å²) in [5.74, 6) is 0. The number of halogens is 1. The summed E-state index contributed by atoms with van der Waals surface area (Å²) in [5.41, 5.74) is 9.31. The molecule has 0 bridgehead atoms. The first kappa shape index (κ1) is 10.5. The second-order valence-electron chi connectivity index (χ2n) is 3.88. The van der Waals surface area contributed by atoms with Gasteiger partial charge in [0.2, 0.25) is 0 Å². The van der Waals surface area contributed by atoms with Crippen LogP contribution in [0.3, 0.4) is 0 Å². The third-order valence-electron chi connectivity index (χ3n) is 2.85. The summed E-state index contributed by atoms with van der Waals surface area (Å²) in [5, 5.41) is 1.89. The van der Waals surface area contributed by atoms with Gasteiger partial charge in [0.25, 0.3) is 0 Å². The molecule has 0 amide bonds. The van der Waals surface area contributed by atoms with Gasteiger partial charge in [-0.25, -0.2) is 0 Å². The van der Waals surface area contributed by atoms with Gasteiger partial charge < -0.3 is 10.7 Å². The molecule has 0 spiro atoms. The van der Waals surface area contributed by atoms with Gasteiger partial charge in [-0.3, -0.25) is 0 Å². The molecule has 3 heteroatoms. The maximum absolute atomic E-state index is 6.30. The lowest BCUT2D eigenvalue weighted by Gasteiger charge is -2.08. The van der Waals surface area contributed by atoms with Crippen LogP contribution in [-0.2, 0) is 0 Å². The van der Waals surface area contributed by atoms with Crippen LogP contribution in [0.1, 0.15) is 30.5 Å². The fourth-order valence-corrected chi connectivity index (χ4v) is 2.10. The van der Waals surface area contributed by atoms with E-state index in [0.717, 1.165) is 33.5 Å². The number of nitrogens with one attached hydrogen (secondary N) is 1. The molecule has 1 aromatic heterocycles. The molecule has 0 fully saturated rings. The van der Waals surface area contributed by atoms with E-state index in [1.54, 1.807) is 0 Å². The fourth-order valence-electron chi connectivity index (χ4n) is 1.82. The number of nitrogens with two attached hydrogens (primary N) is 1. The first-order chi connectivity index (χ1) is 7.15. The van der Waals surface area contributed by atoms with Gasteiger partial charge in [-0.2, -0.15) is 0 Å². The smallest absolute Gasteiger partial charge is 0.0532 e. The van der Waals surface area contributed by atoms with Crippen molar-refractivity contribution in [2.24, 2.45) is 5.73 Å². The Morgan fingerprint density at radius 2 is 2.20 bits per heavy atom. The van der Waals surface area contributed by atoms with Crippen molar-refractivity contribution in [2.45, 2.75) is 26.3 Å². The van der Waals surface area contributed by atoms with Gasteiger partial charge in [0.1, 0.15) is 0 Å². The van der Waals surface area contributed by atoms with Gasteiger partial charge >= 0.3 is 0 Å². The van der Waals surface area contributed by atoms with E-state index in [1.165, 1.54) is 0 Å². The van der Waals surface area contributed by atoms with Gasteiger partial charge in [-0.1, -0.05) is 24.6 Å². The van der Waals surface area contributed by atoms with Gasteiger partial charge in [-0.15, -0.1) is 0 Å². The number of H-pyrrole nitrogens is 1. The van der Waals surface area contributed by atoms with Crippen molar-refractivity contribution in [3.63, 3.8) is 0 Å². The Kier molecular flexibility index (Phi) is 2.72. The van der Waals surface area contributed by atoms with Crippen LogP contribution in [0.5, 0.6) is 0 Å². The average molecular weight is 223 g/mol. The summed E-state index contributed by atoms with van der Waals surface area (Å²) in [6.07, 6.45) is 2.88. The summed E-state index contributed by atoms with van der Waals surface area (Å²) in [4.78, 5) is 3.21. The van der Waals surface area contributed by atoms with Gasteiger partial charge in [-0.05, 0) is 30.5 Å². The Morgan fingerprint density at radius 3 is 2.87 bits per heavy atom. The number of fused-ring (bicyclic) bond motifs is 1. The molecule has 0 saturated heterocycles. The van der Waals surface area contributed by atoms with Crippen molar-refractivity contribution in [1.82, 2.24) is 4.98 Å². The minimum atomic E-state index is 0.0537. The molecular weight excluding hydrogens is 208 g/mol. The second-order valence-corrected chi connectivity index (χ2v) is 4.26. The second kappa shape index (κ2) is 3.87. The normalized spacial score (nSPS) is 13.3. The average Bonchev–Trinajstić information content (AvgIpc) is 2.67. The van der Waals surface area contributed by atoms with Gasteiger partial charge in [0.05, 0.1) is 5.02 Å². The fraction of sp³-hybridized carbons (Fsp3) is 0.333.